The molecule has 2 atom stereocenters. The van der Waals surface area contributed by atoms with E-state index in [1.165, 1.54) is 0 Å². The third-order valence-corrected chi connectivity index (χ3v) is 3.27. The fourth-order valence-electron chi connectivity index (χ4n) is 2.09. The topological polar surface area (TPSA) is 45.0 Å². The molecule has 1 saturated heterocycles. The molecule has 2 unspecified atom stereocenters. The third kappa shape index (κ3) is 4.96. The Kier molecular flexibility index (Phi) is 5.24. The number of nitrogens with one attached hydrogen (secondary N) is 1. The molecule has 0 amide bonds. The van der Waals surface area contributed by atoms with Crippen LogP contribution < -0.4 is 5.32 Å². The van der Waals surface area contributed by atoms with E-state index in [0.717, 1.165) is 32.4 Å². The summed E-state index contributed by atoms with van der Waals surface area (Å²) < 4.78 is 5.52. The van der Waals surface area contributed by atoms with Gasteiger partial charge in [0.2, 0.25) is 0 Å². The third-order valence-electron chi connectivity index (χ3n) is 3.27. The second kappa shape index (κ2) is 6.22. The predicted molar refractivity (Wildman–Crippen MR) is 65.1 cm³/mol. The monoisotopic (exact) mass is 224 g/mol. The van der Waals surface area contributed by atoms with E-state index in [9.17, 15) is 0 Å². The summed E-state index contributed by atoms with van der Waals surface area (Å²) >= 11 is 0. The van der Waals surface area contributed by atoms with Gasteiger partial charge in [-0.1, -0.05) is 13.8 Å². The second-order valence-corrected chi connectivity index (χ2v) is 5.61. The second-order valence-electron chi connectivity index (χ2n) is 5.61. The molecule has 92 valence electrons. The Morgan fingerprint density at radius 1 is 1.50 bits per heavy atom. The van der Waals surface area contributed by atoms with Crippen molar-refractivity contribution in [2.24, 2.45) is 5.41 Å². The largest absolute Gasteiger partial charge is 0.378 e. The van der Waals surface area contributed by atoms with Crippen LogP contribution in [0.3, 0.4) is 0 Å². The van der Waals surface area contributed by atoms with Crippen molar-refractivity contribution in [2.45, 2.75) is 58.6 Å². The first-order chi connectivity index (χ1) is 7.53. The molecule has 0 radical (unpaired) electrons. The normalized spacial score (nSPS) is 26.4. The van der Waals surface area contributed by atoms with Crippen molar-refractivity contribution in [3.8, 4) is 6.07 Å². The molecule has 0 aliphatic carbocycles. The molecule has 16 heavy (non-hydrogen) atoms. The highest BCUT2D eigenvalue weighted by atomic mass is 16.5. The number of rotatable bonds is 5. The zero-order chi connectivity index (χ0) is 12.0. The van der Waals surface area contributed by atoms with Gasteiger partial charge in [0.15, 0.2) is 0 Å². The van der Waals surface area contributed by atoms with Crippen molar-refractivity contribution in [3.05, 3.63) is 0 Å². The fourth-order valence-corrected chi connectivity index (χ4v) is 2.09. The van der Waals surface area contributed by atoms with Crippen LogP contribution in [-0.4, -0.2) is 25.3 Å². The van der Waals surface area contributed by atoms with Crippen LogP contribution in [0.25, 0.3) is 0 Å². The summed E-state index contributed by atoms with van der Waals surface area (Å²) in [6.45, 7) is 8.44. The molecular weight excluding hydrogens is 200 g/mol. The Morgan fingerprint density at radius 2 is 2.25 bits per heavy atom. The molecule has 3 nitrogen and oxygen atoms in total. The van der Waals surface area contributed by atoms with Crippen molar-refractivity contribution < 1.29 is 4.74 Å². The van der Waals surface area contributed by atoms with Gasteiger partial charge in [0, 0.05) is 25.6 Å². The summed E-state index contributed by atoms with van der Waals surface area (Å²) in [5, 5.41) is 12.2. The Balaban J connectivity index is 2.24. The quantitative estimate of drug-likeness (QED) is 0.780. The molecular formula is C13H24N2O. The molecule has 1 aliphatic heterocycles. The van der Waals surface area contributed by atoms with Crippen LogP contribution in [0.15, 0.2) is 0 Å². The standard InChI is InChI=1S/C13H24N2O/c1-11-9-12(5-8-16-11)15-10-13(2,3)6-4-7-14/h11-12,15H,4-6,8-10H2,1-3H3. The number of hydrogen-bond acceptors (Lipinski definition) is 3. The van der Waals surface area contributed by atoms with Crippen LogP contribution in [0.5, 0.6) is 0 Å². The van der Waals surface area contributed by atoms with Gasteiger partial charge in [-0.25, -0.2) is 0 Å². The lowest BCUT2D eigenvalue weighted by molar-refractivity contribution is 0.0116. The summed E-state index contributed by atoms with van der Waals surface area (Å²) in [7, 11) is 0. The minimum Gasteiger partial charge on any atom is -0.378 e. The highest BCUT2D eigenvalue weighted by Crippen LogP contribution is 2.22. The molecule has 0 spiro atoms. The zero-order valence-corrected chi connectivity index (χ0v) is 10.8. The Hall–Kier alpha value is -0.590. The van der Waals surface area contributed by atoms with E-state index in [1.54, 1.807) is 0 Å². The van der Waals surface area contributed by atoms with Crippen LogP contribution >= 0.6 is 0 Å². The van der Waals surface area contributed by atoms with Crippen LogP contribution in [0.4, 0.5) is 0 Å². The van der Waals surface area contributed by atoms with Gasteiger partial charge >= 0.3 is 0 Å². The van der Waals surface area contributed by atoms with Gasteiger partial charge in [0.05, 0.1) is 12.2 Å². The average molecular weight is 224 g/mol. The molecule has 0 aromatic carbocycles. The van der Waals surface area contributed by atoms with Gasteiger partial charge in [-0.2, -0.15) is 5.26 Å². The molecule has 1 N–H and O–H groups in total. The number of nitrogens with zero attached hydrogens (tertiary/aromatic N) is 1. The predicted octanol–water partition coefficient (Wildman–Crippen LogP) is 2.47. The van der Waals surface area contributed by atoms with Crippen molar-refractivity contribution in [2.75, 3.05) is 13.2 Å². The number of ether oxygens (including phenoxy) is 1. The summed E-state index contributed by atoms with van der Waals surface area (Å²) in [4.78, 5) is 0. The maximum atomic E-state index is 8.59. The molecule has 0 aromatic heterocycles. The molecule has 1 rings (SSSR count). The van der Waals surface area contributed by atoms with Gasteiger partial charge < -0.3 is 10.1 Å². The average Bonchev–Trinajstić information content (AvgIpc) is 2.24. The first-order valence-electron chi connectivity index (χ1n) is 6.25. The van der Waals surface area contributed by atoms with E-state index in [-0.39, 0.29) is 5.41 Å². The lowest BCUT2D eigenvalue weighted by Gasteiger charge is -2.32. The molecule has 1 fully saturated rings. The molecule has 1 aliphatic rings. The lowest BCUT2D eigenvalue weighted by atomic mass is 9.87. The Morgan fingerprint density at radius 3 is 2.88 bits per heavy atom. The van der Waals surface area contributed by atoms with Gasteiger partial charge in [0.1, 0.15) is 0 Å². The molecule has 3 heteroatoms. The first-order valence-corrected chi connectivity index (χ1v) is 6.25. The molecule has 0 bridgehead atoms. The van der Waals surface area contributed by atoms with Gasteiger partial charge in [0.25, 0.3) is 0 Å². The van der Waals surface area contributed by atoms with Gasteiger partial charge in [-0.15, -0.1) is 0 Å². The highest BCUT2D eigenvalue weighted by Gasteiger charge is 2.22. The van der Waals surface area contributed by atoms with E-state index in [2.05, 4.69) is 32.2 Å². The minimum absolute atomic E-state index is 0.220. The molecule has 1 heterocycles. The molecule has 0 aromatic rings. The van der Waals surface area contributed by atoms with Gasteiger partial charge in [-0.3, -0.25) is 0 Å². The maximum absolute atomic E-state index is 8.59. The van der Waals surface area contributed by atoms with Crippen LogP contribution in [0, 0.1) is 16.7 Å². The summed E-state index contributed by atoms with van der Waals surface area (Å²) in [6, 6.07) is 2.81. The van der Waals surface area contributed by atoms with E-state index in [4.69, 9.17) is 10.00 Å². The minimum atomic E-state index is 0.220. The van der Waals surface area contributed by atoms with Crippen molar-refractivity contribution in [1.29, 1.82) is 5.26 Å². The van der Waals surface area contributed by atoms with Crippen molar-refractivity contribution >= 4 is 0 Å². The summed E-state index contributed by atoms with van der Waals surface area (Å²) in [5.41, 5.74) is 0.220. The van der Waals surface area contributed by atoms with E-state index >= 15 is 0 Å². The number of hydrogen-bond donors (Lipinski definition) is 1. The van der Waals surface area contributed by atoms with Crippen LogP contribution in [0.2, 0.25) is 0 Å². The Bertz CT molecular complexity index is 245. The smallest absolute Gasteiger partial charge is 0.0621 e. The van der Waals surface area contributed by atoms with Gasteiger partial charge in [-0.05, 0) is 31.6 Å². The van der Waals surface area contributed by atoms with E-state index in [1.807, 2.05) is 0 Å². The maximum Gasteiger partial charge on any atom is 0.0621 e. The number of nitriles is 1. The Labute approximate surface area is 99.2 Å². The van der Waals surface area contributed by atoms with Crippen LogP contribution in [0.1, 0.15) is 46.5 Å². The van der Waals surface area contributed by atoms with E-state index < -0.39 is 0 Å². The SMILES string of the molecule is CC1CC(NCC(C)(C)CCC#N)CCO1. The van der Waals surface area contributed by atoms with Crippen LogP contribution in [-0.2, 0) is 4.74 Å². The highest BCUT2D eigenvalue weighted by molar-refractivity contribution is 4.82. The zero-order valence-electron chi connectivity index (χ0n) is 10.8. The van der Waals surface area contributed by atoms with Crippen molar-refractivity contribution in [1.82, 2.24) is 5.32 Å². The van der Waals surface area contributed by atoms with E-state index in [0.29, 0.717) is 18.6 Å². The summed E-state index contributed by atoms with van der Waals surface area (Å²) in [6.07, 6.45) is 4.22. The molecule has 0 saturated carbocycles. The fraction of sp³-hybridized carbons (Fsp3) is 0.923. The first kappa shape index (κ1) is 13.5. The van der Waals surface area contributed by atoms with Crippen molar-refractivity contribution in [3.63, 3.8) is 0 Å². The summed E-state index contributed by atoms with van der Waals surface area (Å²) in [5.74, 6) is 0. The lowest BCUT2D eigenvalue weighted by Crippen LogP contribution is -2.42.